The number of halogens is 3. The van der Waals surface area contributed by atoms with Gasteiger partial charge in [0.05, 0.1) is 5.56 Å². The highest BCUT2D eigenvalue weighted by molar-refractivity contribution is 5.87. The monoisotopic (exact) mass is 286 g/mol. The Balaban J connectivity index is 2.48. The summed E-state index contributed by atoms with van der Waals surface area (Å²) in [6, 6.07) is 6.70. The topological polar surface area (TPSA) is 59.7 Å². The summed E-state index contributed by atoms with van der Waals surface area (Å²) in [5.41, 5.74) is 0.342. The second-order valence-corrected chi connectivity index (χ2v) is 3.97. The predicted octanol–water partition coefficient (Wildman–Crippen LogP) is 3.85. The smallest absolute Gasteiger partial charge is 0.475 e. The number of benzene rings is 1. The third-order valence-electron chi connectivity index (χ3n) is 2.49. The number of furan rings is 1. The van der Waals surface area contributed by atoms with Crippen LogP contribution >= 0.6 is 0 Å². The minimum absolute atomic E-state index is 0.000231. The van der Waals surface area contributed by atoms with Crippen LogP contribution in [0.5, 0.6) is 5.75 Å². The highest BCUT2D eigenvalue weighted by atomic mass is 19.4. The van der Waals surface area contributed by atoms with Gasteiger partial charge in [-0.25, -0.2) is 4.79 Å². The molecule has 1 N–H and O–H groups in total. The molecular formula is C13H9F3O4. The van der Waals surface area contributed by atoms with E-state index in [0.717, 1.165) is 6.07 Å². The third-order valence-corrected chi connectivity index (χ3v) is 2.49. The van der Waals surface area contributed by atoms with E-state index in [2.05, 4.69) is 4.74 Å². The largest absolute Gasteiger partial charge is 0.573 e. The van der Waals surface area contributed by atoms with Gasteiger partial charge >= 0.3 is 12.3 Å². The minimum atomic E-state index is -4.84. The molecule has 0 aliphatic heterocycles. The second kappa shape index (κ2) is 4.92. The second-order valence-electron chi connectivity index (χ2n) is 3.97. The van der Waals surface area contributed by atoms with Gasteiger partial charge in [0, 0.05) is 5.56 Å². The maximum absolute atomic E-state index is 12.3. The number of hydrogen-bond donors (Lipinski definition) is 1. The van der Waals surface area contributed by atoms with E-state index in [9.17, 15) is 18.0 Å². The molecule has 1 aromatic heterocycles. The Bertz CT molecular complexity index is 643. The van der Waals surface area contributed by atoms with E-state index < -0.39 is 18.1 Å². The zero-order valence-corrected chi connectivity index (χ0v) is 10.2. The van der Waals surface area contributed by atoms with Crippen LogP contribution in [0.3, 0.4) is 0 Å². The number of carboxylic acids is 1. The zero-order chi connectivity index (χ0) is 14.9. The average molecular weight is 286 g/mol. The van der Waals surface area contributed by atoms with E-state index in [1.807, 2.05) is 0 Å². The first-order valence-electron chi connectivity index (χ1n) is 5.47. The van der Waals surface area contributed by atoms with E-state index in [4.69, 9.17) is 9.52 Å². The van der Waals surface area contributed by atoms with Gasteiger partial charge in [0.25, 0.3) is 0 Å². The molecule has 0 aliphatic rings. The third kappa shape index (κ3) is 2.93. The van der Waals surface area contributed by atoms with Crippen molar-refractivity contribution in [2.24, 2.45) is 0 Å². The van der Waals surface area contributed by atoms with Gasteiger partial charge in [-0.1, -0.05) is 12.1 Å². The molecule has 2 rings (SSSR count). The van der Waals surface area contributed by atoms with Crippen LogP contribution in [-0.2, 0) is 0 Å². The lowest BCUT2D eigenvalue weighted by Crippen LogP contribution is -2.17. The van der Waals surface area contributed by atoms with Gasteiger partial charge in [-0.05, 0) is 25.1 Å². The quantitative estimate of drug-likeness (QED) is 0.931. The van der Waals surface area contributed by atoms with Crippen molar-refractivity contribution in [3.8, 4) is 17.1 Å². The number of carbonyl (C=O) groups is 1. The number of aryl methyl sites for hydroxylation is 1. The lowest BCUT2D eigenvalue weighted by molar-refractivity contribution is -0.274. The Morgan fingerprint density at radius 3 is 2.50 bits per heavy atom. The van der Waals surface area contributed by atoms with Crippen LogP contribution in [0.15, 0.2) is 34.7 Å². The predicted molar refractivity (Wildman–Crippen MR) is 62.5 cm³/mol. The standard InChI is InChI=1S/C13H9F3O4/c1-7-6-10(19-11(7)12(17)18)8-4-2-3-5-9(8)20-13(14,15)16/h2-6H,1H3,(H,17,18). The molecule has 0 amide bonds. The maximum Gasteiger partial charge on any atom is 0.573 e. The fourth-order valence-electron chi connectivity index (χ4n) is 1.71. The molecule has 0 radical (unpaired) electrons. The van der Waals surface area contributed by atoms with E-state index in [0.29, 0.717) is 5.56 Å². The summed E-state index contributed by atoms with van der Waals surface area (Å²) in [5.74, 6) is -2.06. The maximum atomic E-state index is 12.3. The van der Waals surface area contributed by atoms with Gasteiger partial charge in [0.15, 0.2) is 0 Å². The number of para-hydroxylation sites is 1. The molecule has 0 fully saturated rings. The van der Waals surface area contributed by atoms with Crippen LogP contribution < -0.4 is 4.74 Å². The lowest BCUT2D eigenvalue weighted by Gasteiger charge is -2.11. The molecule has 1 aromatic carbocycles. The van der Waals surface area contributed by atoms with Crippen molar-refractivity contribution < 1.29 is 32.2 Å². The van der Waals surface area contributed by atoms with Crippen LogP contribution in [0.4, 0.5) is 13.2 Å². The SMILES string of the molecule is Cc1cc(-c2ccccc2OC(F)(F)F)oc1C(=O)O. The first-order valence-corrected chi connectivity index (χ1v) is 5.47. The number of aromatic carboxylic acids is 1. The van der Waals surface area contributed by atoms with Gasteiger partial charge in [0.1, 0.15) is 11.5 Å². The van der Waals surface area contributed by atoms with E-state index in [-0.39, 0.29) is 17.1 Å². The van der Waals surface area contributed by atoms with Crippen molar-refractivity contribution in [2.45, 2.75) is 13.3 Å². The average Bonchev–Trinajstić information content (AvgIpc) is 2.70. The van der Waals surface area contributed by atoms with Crippen molar-refractivity contribution in [3.63, 3.8) is 0 Å². The van der Waals surface area contributed by atoms with Gasteiger partial charge in [-0.15, -0.1) is 13.2 Å². The van der Waals surface area contributed by atoms with Gasteiger partial charge in [0.2, 0.25) is 5.76 Å². The fraction of sp³-hybridized carbons (Fsp3) is 0.154. The summed E-state index contributed by atoms with van der Waals surface area (Å²) in [4.78, 5) is 10.9. The van der Waals surface area contributed by atoms with Crippen LogP contribution in [0.25, 0.3) is 11.3 Å². The summed E-state index contributed by atoms with van der Waals surface area (Å²) >= 11 is 0. The molecule has 0 bridgehead atoms. The van der Waals surface area contributed by atoms with Crippen LogP contribution in [0.1, 0.15) is 16.1 Å². The van der Waals surface area contributed by atoms with Gasteiger partial charge in [-0.2, -0.15) is 0 Å². The Hall–Kier alpha value is -2.44. The minimum Gasteiger partial charge on any atom is -0.475 e. The first kappa shape index (κ1) is 14.0. The van der Waals surface area contributed by atoms with Crippen LogP contribution in [0, 0.1) is 6.92 Å². The number of hydrogen-bond acceptors (Lipinski definition) is 3. The molecule has 0 unspecified atom stereocenters. The van der Waals surface area contributed by atoms with Gasteiger partial charge in [-0.3, -0.25) is 0 Å². The number of ether oxygens (including phenoxy) is 1. The van der Waals surface area contributed by atoms with Gasteiger partial charge < -0.3 is 14.3 Å². The molecule has 0 spiro atoms. The molecule has 20 heavy (non-hydrogen) atoms. The molecule has 0 saturated heterocycles. The number of alkyl halides is 3. The lowest BCUT2D eigenvalue weighted by atomic mass is 10.1. The fourth-order valence-corrected chi connectivity index (χ4v) is 1.71. The molecule has 2 aromatic rings. The zero-order valence-electron chi connectivity index (χ0n) is 10.2. The summed E-state index contributed by atoms with van der Waals surface area (Å²) in [6.45, 7) is 1.49. The molecule has 0 saturated carbocycles. The summed E-state index contributed by atoms with van der Waals surface area (Å²) < 4.78 is 45.9. The molecule has 106 valence electrons. The molecule has 7 heteroatoms. The Labute approximate surface area is 111 Å². The van der Waals surface area contributed by atoms with Crippen LogP contribution in [-0.4, -0.2) is 17.4 Å². The van der Waals surface area contributed by atoms with Crippen molar-refractivity contribution >= 4 is 5.97 Å². The number of rotatable bonds is 3. The summed E-state index contributed by atoms with van der Waals surface area (Å²) in [7, 11) is 0. The normalized spacial score (nSPS) is 11.4. The number of carboxylic acid groups (broad SMARTS) is 1. The molecule has 4 nitrogen and oxygen atoms in total. The van der Waals surface area contributed by atoms with Crippen molar-refractivity contribution in [2.75, 3.05) is 0 Å². The Kier molecular flexibility index (Phi) is 3.44. The van der Waals surface area contributed by atoms with Crippen molar-refractivity contribution in [1.29, 1.82) is 0 Å². The van der Waals surface area contributed by atoms with E-state index in [1.165, 1.54) is 31.2 Å². The van der Waals surface area contributed by atoms with Crippen molar-refractivity contribution in [3.05, 3.63) is 41.7 Å². The molecule has 0 aliphatic carbocycles. The summed E-state index contributed by atoms with van der Waals surface area (Å²) in [5, 5.41) is 8.88. The highest BCUT2D eigenvalue weighted by Gasteiger charge is 2.32. The Morgan fingerprint density at radius 2 is 1.95 bits per heavy atom. The summed E-state index contributed by atoms with van der Waals surface area (Å²) in [6.07, 6.45) is -4.84. The molecule has 0 atom stereocenters. The van der Waals surface area contributed by atoms with Crippen molar-refractivity contribution in [1.82, 2.24) is 0 Å². The highest BCUT2D eigenvalue weighted by Crippen LogP contribution is 2.35. The first-order chi connectivity index (χ1) is 9.28. The van der Waals surface area contributed by atoms with E-state index >= 15 is 0 Å². The Morgan fingerprint density at radius 1 is 1.30 bits per heavy atom. The van der Waals surface area contributed by atoms with E-state index in [1.54, 1.807) is 0 Å². The van der Waals surface area contributed by atoms with Crippen LogP contribution in [0.2, 0.25) is 0 Å². The molecule has 1 heterocycles. The molecular weight excluding hydrogens is 277 g/mol.